The number of hydrogen-bond acceptors (Lipinski definition) is 12. The van der Waals surface area contributed by atoms with Crippen molar-refractivity contribution in [2.75, 3.05) is 13.2 Å². The minimum absolute atomic E-state index is 0. The van der Waals surface area contributed by atoms with E-state index >= 15 is 0 Å². The number of aromatic hydroxyl groups is 2. The van der Waals surface area contributed by atoms with Crippen LogP contribution in [0, 0.1) is 113 Å². The van der Waals surface area contributed by atoms with Crippen LogP contribution in [0.25, 0.3) is 12.2 Å². The van der Waals surface area contributed by atoms with E-state index in [4.69, 9.17) is 18.9 Å². The summed E-state index contributed by atoms with van der Waals surface area (Å²) in [6, 6.07) is 9.32. The molecule has 13 heteroatoms. The van der Waals surface area contributed by atoms with Crippen LogP contribution in [0.4, 0.5) is 0 Å². The molecule has 0 heterocycles. The number of aliphatic hydroxyl groups excluding tert-OH is 2. The van der Waals surface area contributed by atoms with E-state index in [1.165, 1.54) is 107 Å². The average molecular weight is 1330 g/mol. The fraction of sp³-hybridized carbons (Fsp3) is 0.707. The lowest BCUT2D eigenvalue weighted by atomic mass is 9.32. The van der Waals surface area contributed by atoms with Gasteiger partial charge in [-0.1, -0.05) is 106 Å². The molecule has 0 saturated heterocycles. The summed E-state index contributed by atoms with van der Waals surface area (Å²) in [4.78, 5) is 49.4. The van der Waals surface area contributed by atoms with Gasteiger partial charge in [0.05, 0.1) is 25.4 Å². The number of phenolic OH excluding ortho intramolecular Hbond substituents is 2. The van der Waals surface area contributed by atoms with Crippen molar-refractivity contribution < 1.29 is 58.6 Å². The fourth-order valence-corrected chi connectivity index (χ4v) is 25.7. The summed E-state index contributed by atoms with van der Waals surface area (Å²) in [5, 5.41) is 41.5. The molecule has 2 aromatic carbocycles. The average Bonchev–Trinajstić information content (AvgIpc) is 1.56. The molecule has 12 rings (SSSR count). The first-order valence-corrected chi connectivity index (χ1v) is 36.4. The Morgan fingerprint density at radius 2 is 0.874 bits per heavy atom. The predicted octanol–water partition coefficient (Wildman–Crippen LogP) is 18.2. The Labute approximate surface area is 575 Å². The van der Waals surface area contributed by atoms with E-state index in [2.05, 4.69) is 96.2 Å². The van der Waals surface area contributed by atoms with Gasteiger partial charge in [0.1, 0.15) is 0 Å². The van der Waals surface area contributed by atoms with E-state index in [0.717, 1.165) is 70.6 Å². The molecule has 10 saturated carbocycles. The molecule has 0 aromatic heterocycles. The summed E-state index contributed by atoms with van der Waals surface area (Å²) < 4.78 is 22.6. The molecule has 524 valence electrons. The Balaban J connectivity index is 0.000000206. The van der Waals surface area contributed by atoms with Crippen molar-refractivity contribution in [1.29, 1.82) is 0 Å². The number of hydrogen-bond donors (Lipinski definition) is 4. The second-order valence-electron chi connectivity index (χ2n) is 35.4. The van der Waals surface area contributed by atoms with Crippen molar-refractivity contribution in [3.8, 4) is 23.0 Å². The third-order valence-electron chi connectivity index (χ3n) is 30.7. The fourth-order valence-electron chi connectivity index (χ4n) is 25.7. The summed E-state index contributed by atoms with van der Waals surface area (Å²) in [5.41, 5.74) is 5.02. The normalized spacial score (nSPS) is 41.6. The molecule has 0 radical (unpaired) electrons. The van der Waals surface area contributed by atoms with Gasteiger partial charge in [-0.15, -0.1) is 12.4 Å². The van der Waals surface area contributed by atoms with Crippen molar-refractivity contribution in [2.24, 2.45) is 113 Å². The van der Waals surface area contributed by atoms with Gasteiger partial charge < -0.3 is 39.4 Å². The Bertz CT molecular complexity index is 3360. The number of aliphatic hydroxyl groups is 2. The molecule has 10 fully saturated rings. The lowest BCUT2D eigenvalue weighted by Gasteiger charge is -2.73. The molecule has 0 amide bonds. The Morgan fingerprint density at radius 3 is 1.28 bits per heavy atom. The summed E-state index contributed by atoms with van der Waals surface area (Å²) >= 11 is 0. The van der Waals surface area contributed by atoms with Crippen molar-refractivity contribution in [3.05, 3.63) is 84.0 Å². The van der Waals surface area contributed by atoms with E-state index in [0.29, 0.717) is 83.5 Å². The van der Waals surface area contributed by atoms with Crippen LogP contribution in [0.5, 0.6) is 23.0 Å². The standard InChI is InChI=1S/C43H60O7.C39H56O5.ClH/c1-26(2)30-16-21-43(25-48-37(47)15-11-29-10-13-32(49-27(3)44)33(24-29)50-28(4)45)23-22-41(8)31(38(30)43)12-14-35-40(7)19-18-36(46)39(5,6)34(40)17-20-42(35,41)9;1-24(2)26-14-19-39(23-44-33(43)13-9-25-8-11-28(40)29(41)22-25)21-20-37(6)27(34(26)39)10-12-31-36(5)17-16-32(42)35(3,4)30(36)15-18-38(31,37)7;/h10-11,13,15,24,30-31,34-36,38,46H,1,12,14,16-23,25H2,2-9H3;8-9,11,13,22,26-27,30-32,34,40-42H,1,10,12,14-21,23H2,2-7H3;1H/b15-11+;13-9+;/t30-,31+,34-,35+,36-,38+,40-,41+,42+,43+;26-,27+,30-,31+,32-,34+,36-,37+,38+,39+;/m00./s1. The number of phenols is 2. The number of rotatable bonds is 12. The zero-order valence-electron chi connectivity index (χ0n) is 60.1. The van der Waals surface area contributed by atoms with Crippen molar-refractivity contribution in [2.45, 2.75) is 238 Å². The number of carbonyl (C=O) groups is 4. The lowest BCUT2D eigenvalue weighted by molar-refractivity contribution is -0.249. The number of ether oxygens (including phenoxy) is 4. The summed E-state index contributed by atoms with van der Waals surface area (Å²) in [7, 11) is 0. The number of allylic oxidation sites excluding steroid dienone is 2. The van der Waals surface area contributed by atoms with Crippen molar-refractivity contribution >= 4 is 48.4 Å². The van der Waals surface area contributed by atoms with Gasteiger partial charge in [0.2, 0.25) is 0 Å². The van der Waals surface area contributed by atoms with Crippen LogP contribution in [0.3, 0.4) is 0 Å². The number of fused-ring (bicyclic) bond motifs is 14. The highest BCUT2D eigenvalue weighted by molar-refractivity contribution is 5.88. The largest absolute Gasteiger partial charge is 0.504 e. The van der Waals surface area contributed by atoms with Crippen LogP contribution < -0.4 is 9.47 Å². The summed E-state index contributed by atoms with van der Waals surface area (Å²) in [6.07, 6.45) is 28.4. The molecule has 4 N–H and O–H groups in total. The summed E-state index contributed by atoms with van der Waals surface area (Å²) in [5.74, 6) is 3.39. The van der Waals surface area contributed by atoms with Crippen molar-refractivity contribution in [1.82, 2.24) is 0 Å². The third-order valence-corrected chi connectivity index (χ3v) is 30.7. The number of esters is 4. The highest BCUT2D eigenvalue weighted by Gasteiger charge is 2.73. The smallest absolute Gasteiger partial charge is 0.330 e. The highest BCUT2D eigenvalue weighted by Crippen LogP contribution is 2.80. The molecular weight excluding hydrogens is 1210 g/mol. The second-order valence-corrected chi connectivity index (χ2v) is 35.4. The highest BCUT2D eigenvalue weighted by atomic mass is 35.5. The molecule has 95 heavy (non-hydrogen) atoms. The minimum atomic E-state index is -0.539. The van der Waals surface area contributed by atoms with Gasteiger partial charge >= 0.3 is 23.9 Å². The van der Waals surface area contributed by atoms with E-state index in [9.17, 15) is 39.6 Å². The maximum atomic E-state index is 13.3. The molecule has 0 unspecified atom stereocenters. The Morgan fingerprint density at radius 1 is 0.463 bits per heavy atom. The van der Waals surface area contributed by atoms with E-state index < -0.39 is 17.9 Å². The number of halogens is 1. The van der Waals surface area contributed by atoms with Crippen LogP contribution in [-0.2, 0) is 28.7 Å². The first-order chi connectivity index (χ1) is 44.0. The van der Waals surface area contributed by atoms with Gasteiger partial charge in [-0.05, 0) is 292 Å². The zero-order chi connectivity index (χ0) is 68.3. The number of benzene rings is 2. The van der Waals surface area contributed by atoms with Gasteiger partial charge in [0, 0.05) is 36.8 Å². The summed E-state index contributed by atoms with van der Waals surface area (Å²) in [6.45, 7) is 41.8. The Hall–Kier alpha value is -4.91. The van der Waals surface area contributed by atoms with Crippen LogP contribution in [0.1, 0.15) is 236 Å². The maximum absolute atomic E-state index is 13.3. The maximum Gasteiger partial charge on any atom is 0.330 e. The van der Waals surface area contributed by atoms with E-state index in [1.54, 1.807) is 36.4 Å². The Kier molecular flexibility index (Phi) is 19.9. The van der Waals surface area contributed by atoms with Crippen LogP contribution in [0.2, 0.25) is 0 Å². The first-order valence-electron chi connectivity index (χ1n) is 36.4. The zero-order valence-corrected chi connectivity index (χ0v) is 61.0. The lowest BCUT2D eigenvalue weighted by Crippen LogP contribution is -2.66. The number of carbonyl (C=O) groups excluding carboxylic acids is 4. The monoisotopic (exact) mass is 1330 g/mol. The van der Waals surface area contributed by atoms with Crippen molar-refractivity contribution in [3.63, 3.8) is 0 Å². The minimum Gasteiger partial charge on any atom is -0.504 e. The van der Waals surface area contributed by atoms with Gasteiger partial charge in [-0.3, -0.25) is 9.59 Å². The van der Waals surface area contributed by atoms with Crippen LogP contribution in [-0.4, -0.2) is 69.7 Å². The van der Waals surface area contributed by atoms with Gasteiger partial charge in [-0.2, -0.15) is 0 Å². The molecule has 20 atom stereocenters. The van der Waals surface area contributed by atoms with Crippen LogP contribution in [0.15, 0.2) is 72.9 Å². The predicted molar refractivity (Wildman–Crippen MR) is 376 cm³/mol. The molecule has 10 aliphatic carbocycles. The molecule has 0 bridgehead atoms. The quantitative estimate of drug-likeness (QED) is 0.0519. The third kappa shape index (κ3) is 12.0. The molecule has 12 nitrogen and oxygen atoms in total. The van der Waals surface area contributed by atoms with Crippen LogP contribution >= 0.6 is 12.4 Å². The van der Waals surface area contributed by atoms with Gasteiger partial charge in [0.15, 0.2) is 23.0 Å². The molecule has 2 aromatic rings. The molecule has 0 spiro atoms. The first kappa shape index (κ1) is 72.8. The van der Waals surface area contributed by atoms with Gasteiger partial charge in [-0.25, -0.2) is 9.59 Å². The van der Waals surface area contributed by atoms with Gasteiger partial charge in [0.25, 0.3) is 0 Å². The second kappa shape index (κ2) is 26.0. The SMILES string of the molecule is C=C(C)[C@@H]1CC[C@]2(COC(=O)/C=C/c3ccc(O)c(O)c3)CC[C@]3(C)[C@H](CC[C@@H]4[C@@]5(C)CC[C@H](O)C(C)(C)[C@@H]5CC[C@]43C)[C@@H]12.C=C(C)[C@@H]1CC[C@]2(COC(=O)/C=C/c3ccc(OC(C)=O)c(OC(C)=O)c3)CC[C@]3(C)[C@H](CC[C@@H]4[C@@]5(C)CC[C@H](O)C(C)(C)[C@@H]5CC[C@]43C)[C@@H]12.Cl. The molecule has 0 aliphatic heterocycles. The topological polar surface area (TPSA) is 186 Å². The molecule has 10 aliphatic rings. The van der Waals surface area contributed by atoms with E-state index in [-0.39, 0.29) is 108 Å². The molecular formula is C82H117ClO12. The van der Waals surface area contributed by atoms with E-state index in [1.807, 2.05) is 0 Å².